The molecule has 0 saturated carbocycles. The Morgan fingerprint density at radius 3 is 1.31 bits per heavy atom. The Balaban J connectivity index is 2.42. The van der Waals surface area contributed by atoms with Gasteiger partial charge < -0.3 is 0 Å². The molecule has 0 amide bonds. The molecule has 0 spiro atoms. The first-order valence-corrected chi connectivity index (χ1v) is 13.7. The Morgan fingerprint density at radius 2 is 1.00 bits per heavy atom. The molecule has 0 aromatic heterocycles. The average Bonchev–Trinajstić information content (AvgIpc) is 2.70. The largest absolute Gasteiger partial charge is 0.353 e. The molecule has 2 aromatic rings. The van der Waals surface area contributed by atoms with Gasteiger partial charge in [-0.3, -0.25) is 8.22 Å². The van der Waals surface area contributed by atoms with Crippen LogP contribution in [0.1, 0.15) is 39.5 Å². The zero-order chi connectivity index (χ0) is 18.9. The highest BCUT2D eigenvalue weighted by Gasteiger charge is 2.38. The van der Waals surface area contributed by atoms with Gasteiger partial charge >= 0.3 is 16.8 Å². The van der Waals surface area contributed by atoms with Crippen LogP contribution in [0.15, 0.2) is 60.7 Å². The highest BCUT2D eigenvalue weighted by atomic mass is 28.4. The third-order valence-electron chi connectivity index (χ3n) is 4.67. The molecular weight excluding hydrogens is 358 g/mol. The second-order valence-corrected chi connectivity index (χ2v) is 12.7. The molecule has 0 N–H and O–H groups in total. The minimum absolute atomic E-state index is 0.438. The van der Waals surface area contributed by atoms with Crippen LogP contribution in [0.2, 0.25) is 12.1 Å². The molecule has 0 radical (unpaired) electrons. The lowest BCUT2D eigenvalue weighted by atomic mass is 10.4. The van der Waals surface area contributed by atoms with Crippen molar-refractivity contribution in [3.63, 3.8) is 0 Å². The van der Waals surface area contributed by atoms with E-state index in [2.05, 4.69) is 11.1 Å². The molecule has 0 heterocycles. The molecule has 2 rings (SSSR count). The summed E-state index contributed by atoms with van der Waals surface area (Å²) in [5.74, 6) is 0. The molecular formula is C22H28F2Si2. The van der Waals surface area contributed by atoms with E-state index in [1.807, 2.05) is 74.5 Å². The van der Waals surface area contributed by atoms with Gasteiger partial charge in [0.2, 0.25) is 0 Å². The van der Waals surface area contributed by atoms with Gasteiger partial charge in [0.05, 0.1) is 0 Å². The summed E-state index contributed by atoms with van der Waals surface area (Å²) >= 11 is 0. The Kier molecular flexibility index (Phi) is 7.80. The second-order valence-electron chi connectivity index (χ2n) is 6.79. The number of unbranched alkanes of at least 4 members (excludes halogenated alkanes) is 2. The van der Waals surface area contributed by atoms with Gasteiger partial charge in [-0.25, -0.2) is 0 Å². The first-order chi connectivity index (χ1) is 12.5. The van der Waals surface area contributed by atoms with Crippen LogP contribution in [0.3, 0.4) is 0 Å². The lowest BCUT2D eigenvalue weighted by Gasteiger charge is -2.19. The molecule has 0 nitrogen and oxygen atoms in total. The predicted molar refractivity (Wildman–Crippen MR) is 113 cm³/mol. The molecule has 2 atom stereocenters. The zero-order valence-electron chi connectivity index (χ0n) is 15.8. The van der Waals surface area contributed by atoms with Gasteiger partial charge in [-0.2, -0.15) is 0 Å². The minimum atomic E-state index is -3.49. The second kappa shape index (κ2) is 9.84. The van der Waals surface area contributed by atoms with Crippen molar-refractivity contribution < 1.29 is 8.22 Å². The molecule has 0 saturated heterocycles. The summed E-state index contributed by atoms with van der Waals surface area (Å²) in [6, 6.07) is 19.3. The number of halogens is 2. The highest BCUT2D eigenvalue weighted by Crippen LogP contribution is 2.19. The van der Waals surface area contributed by atoms with Crippen LogP contribution in [0.25, 0.3) is 0 Å². The molecule has 0 fully saturated rings. The third kappa shape index (κ3) is 5.39. The van der Waals surface area contributed by atoms with E-state index in [-0.39, 0.29) is 0 Å². The van der Waals surface area contributed by atoms with E-state index in [1.165, 1.54) is 0 Å². The quantitative estimate of drug-likeness (QED) is 0.327. The van der Waals surface area contributed by atoms with Crippen molar-refractivity contribution in [2.75, 3.05) is 0 Å². The first-order valence-electron chi connectivity index (χ1n) is 9.57. The Hall–Kier alpha value is -1.71. The van der Waals surface area contributed by atoms with E-state index < -0.39 is 16.8 Å². The van der Waals surface area contributed by atoms with Crippen molar-refractivity contribution in [1.82, 2.24) is 0 Å². The molecule has 26 heavy (non-hydrogen) atoms. The van der Waals surface area contributed by atoms with Crippen molar-refractivity contribution >= 4 is 27.2 Å². The van der Waals surface area contributed by atoms with Crippen molar-refractivity contribution in [3.8, 4) is 11.1 Å². The van der Waals surface area contributed by atoms with Crippen LogP contribution in [0.4, 0.5) is 8.22 Å². The van der Waals surface area contributed by atoms with Crippen LogP contribution in [-0.4, -0.2) is 16.8 Å². The van der Waals surface area contributed by atoms with E-state index in [9.17, 15) is 0 Å². The summed E-state index contributed by atoms with van der Waals surface area (Å²) in [4.78, 5) is 0. The van der Waals surface area contributed by atoms with Crippen LogP contribution in [0, 0.1) is 11.1 Å². The summed E-state index contributed by atoms with van der Waals surface area (Å²) < 4.78 is 31.8. The molecule has 0 aliphatic carbocycles. The van der Waals surface area contributed by atoms with Crippen molar-refractivity contribution in [2.24, 2.45) is 0 Å². The molecule has 2 aromatic carbocycles. The summed E-state index contributed by atoms with van der Waals surface area (Å²) in [5.41, 5.74) is 5.81. The standard InChI is InChI=1S/C22H28F2Si2/c1-3-5-17-25(23,21-13-9-7-10-14-21)19-20-26(24,18-6-4-2)22-15-11-8-12-16-22/h7-16H,3-6,17-18H2,1-2H3. The van der Waals surface area contributed by atoms with Gasteiger partial charge in [0.15, 0.2) is 0 Å². The first kappa shape index (κ1) is 20.6. The van der Waals surface area contributed by atoms with E-state index >= 15 is 8.22 Å². The highest BCUT2D eigenvalue weighted by molar-refractivity contribution is 6.97. The van der Waals surface area contributed by atoms with Crippen molar-refractivity contribution in [2.45, 2.75) is 51.6 Å². The zero-order valence-corrected chi connectivity index (χ0v) is 17.8. The summed E-state index contributed by atoms with van der Waals surface area (Å²) in [6.07, 6.45) is 3.40. The maximum absolute atomic E-state index is 15.9. The minimum Gasteiger partial charge on any atom is -0.291 e. The van der Waals surface area contributed by atoms with Crippen molar-refractivity contribution in [3.05, 3.63) is 60.7 Å². The smallest absolute Gasteiger partial charge is 0.291 e. The monoisotopic (exact) mass is 386 g/mol. The third-order valence-corrected chi connectivity index (χ3v) is 10.5. The summed E-state index contributed by atoms with van der Waals surface area (Å²) in [7, 11) is -6.99. The SMILES string of the molecule is CCCC[Si](F)(C#C[Si](F)(CCCC)c1ccccc1)c1ccccc1. The number of rotatable bonds is 8. The van der Waals surface area contributed by atoms with Gasteiger partial charge in [-0.1, -0.05) is 111 Å². The van der Waals surface area contributed by atoms with E-state index in [1.54, 1.807) is 0 Å². The fourth-order valence-electron chi connectivity index (χ4n) is 3.00. The molecule has 2 unspecified atom stereocenters. The number of hydrogen-bond acceptors (Lipinski definition) is 0. The van der Waals surface area contributed by atoms with Crippen LogP contribution < -0.4 is 10.4 Å². The summed E-state index contributed by atoms with van der Waals surface area (Å²) in [5, 5.41) is 1.33. The van der Waals surface area contributed by atoms with E-state index in [0.29, 0.717) is 22.5 Å². The normalized spacial score (nSPS) is 15.4. The lowest BCUT2D eigenvalue weighted by Crippen LogP contribution is -2.46. The molecule has 4 heteroatoms. The van der Waals surface area contributed by atoms with Crippen LogP contribution in [0.5, 0.6) is 0 Å². The van der Waals surface area contributed by atoms with Gasteiger partial charge in [-0.15, -0.1) is 0 Å². The molecule has 0 bridgehead atoms. The Labute approximate surface area is 159 Å². The fraction of sp³-hybridized carbons (Fsp3) is 0.364. The van der Waals surface area contributed by atoms with E-state index in [0.717, 1.165) is 25.7 Å². The molecule has 0 aliphatic heterocycles. The fourth-order valence-corrected chi connectivity index (χ4v) is 8.83. The van der Waals surface area contributed by atoms with Crippen LogP contribution >= 0.6 is 0 Å². The summed E-state index contributed by atoms with van der Waals surface area (Å²) in [6.45, 7) is 4.10. The van der Waals surface area contributed by atoms with Crippen molar-refractivity contribution in [1.29, 1.82) is 0 Å². The maximum atomic E-state index is 15.9. The molecule has 138 valence electrons. The molecule has 0 aliphatic rings. The predicted octanol–water partition coefficient (Wildman–Crippen LogP) is 5.31. The van der Waals surface area contributed by atoms with Gasteiger partial charge in [0, 0.05) is 0 Å². The number of hydrogen-bond donors (Lipinski definition) is 0. The number of benzene rings is 2. The van der Waals surface area contributed by atoms with Gasteiger partial charge in [0.1, 0.15) is 0 Å². The van der Waals surface area contributed by atoms with Gasteiger partial charge in [0.25, 0.3) is 0 Å². The lowest BCUT2D eigenvalue weighted by molar-refractivity contribution is 0.768. The average molecular weight is 387 g/mol. The van der Waals surface area contributed by atoms with Crippen LogP contribution in [-0.2, 0) is 0 Å². The Morgan fingerprint density at radius 1 is 0.654 bits per heavy atom. The maximum Gasteiger partial charge on any atom is 0.353 e. The van der Waals surface area contributed by atoms with Gasteiger partial charge in [-0.05, 0) is 22.5 Å². The topological polar surface area (TPSA) is 0 Å². The van der Waals surface area contributed by atoms with E-state index in [4.69, 9.17) is 0 Å². The Bertz CT molecular complexity index is 663.